The van der Waals surface area contributed by atoms with Gasteiger partial charge in [0.05, 0.1) is 6.10 Å². The summed E-state index contributed by atoms with van der Waals surface area (Å²) in [5.74, 6) is -1.72. The van der Waals surface area contributed by atoms with Crippen LogP contribution in [0.4, 0.5) is 0 Å². The van der Waals surface area contributed by atoms with Crippen LogP contribution >= 0.6 is 0 Å². The predicted octanol–water partition coefficient (Wildman–Crippen LogP) is 2.52. The lowest BCUT2D eigenvalue weighted by atomic mass is 9.46. The standard InChI is InChI=1S/C21H28O5.2C3H6O2/c1-19-7-5-13(23)9-12(19)3-4-14-15-6-8-21(26,17(25)11-22)20(15,2)10-16(24)18(14)19;2*1-2-3(4)5/h5,7,9,14-16,18,22,24,26H,3-4,6,8,10-11H2,1-2H3;2*2H2,1H3,(H,4,5)/t14-,15-,16-,18+,19-,20-,21-;;/m0../s1. The molecule has 0 aliphatic heterocycles. The minimum absolute atomic E-state index is 0.00912. The zero-order valence-corrected chi connectivity index (χ0v) is 21.6. The van der Waals surface area contributed by atoms with E-state index >= 15 is 0 Å². The van der Waals surface area contributed by atoms with Gasteiger partial charge in [-0.2, -0.15) is 0 Å². The smallest absolute Gasteiger partial charge is 0.303 e. The van der Waals surface area contributed by atoms with Crippen molar-refractivity contribution in [1.82, 2.24) is 0 Å². The van der Waals surface area contributed by atoms with Crippen LogP contribution in [0.15, 0.2) is 23.8 Å². The molecule has 7 atom stereocenters. The van der Waals surface area contributed by atoms with Crippen molar-refractivity contribution in [1.29, 1.82) is 0 Å². The van der Waals surface area contributed by atoms with Gasteiger partial charge >= 0.3 is 11.9 Å². The quantitative estimate of drug-likeness (QED) is 0.383. The van der Waals surface area contributed by atoms with Crippen LogP contribution in [-0.2, 0) is 19.2 Å². The third-order valence-corrected chi connectivity index (χ3v) is 8.86. The molecule has 0 spiro atoms. The fourth-order valence-electron chi connectivity index (χ4n) is 6.92. The first-order valence-electron chi connectivity index (χ1n) is 12.6. The molecule has 0 bridgehead atoms. The molecule has 4 aliphatic carbocycles. The van der Waals surface area contributed by atoms with Gasteiger partial charge in [0.2, 0.25) is 0 Å². The molecule has 0 heterocycles. The van der Waals surface area contributed by atoms with Gasteiger partial charge in [-0.05, 0) is 56.1 Å². The van der Waals surface area contributed by atoms with Crippen LogP contribution in [-0.4, -0.2) is 67.3 Å². The number of rotatable bonds is 4. The van der Waals surface area contributed by atoms with E-state index in [1.807, 2.05) is 13.0 Å². The van der Waals surface area contributed by atoms with E-state index in [9.17, 15) is 34.5 Å². The van der Waals surface area contributed by atoms with Gasteiger partial charge in [-0.3, -0.25) is 19.2 Å². The minimum atomic E-state index is -1.56. The van der Waals surface area contributed by atoms with Crippen LogP contribution < -0.4 is 0 Å². The molecule has 4 aliphatic rings. The number of aliphatic hydroxyl groups is 3. The highest BCUT2D eigenvalue weighted by molar-refractivity contribution is 6.01. The zero-order chi connectivity index (χ0) is 27.5. The van der Waals surface area contributed by atoms with Gasteiger partial charge < -0.3 is 25.5 Å². The maximum atomic E-state index is 12.4. The van der Waals surface area contributed by atoms with Crippen molar-refractivity contribution >= 4 is 23.5 Å². The van der Waals surface area contributed by atoms with Crippen molar-refractivity contribution in [2.75, 3.05) is 6.61 Å². The average molecular weight is 509 g/mol. The molecule has 0 radical (unpaired) electrons. The Kier molecular flexibility index (Phi) is 9.42. The number of aliphatic hydroxyl groups excluding tert-OH is 2. The molecule has 5 N–H and O–H groups in total. The van der Waals surface area contributed by atoms with Gasteiger partial charge in [-0.25, -0.2) is 0 Å². The summed E-state index contributed by atoms with van der Waals surface area (Å²) in [7, 11) is 0. The monoisotopic (exact) mass is 508 g/mol. The molecule has 202 valence electrons. The van der Waals surface area contributed by atoms with Crippen molar-refractivity contribution in [2.24, 2.45) is 28.6 Å². The molecule has 0 aromatic heterocycles. The largest absolute Gasteiger partial charge is 0.481 e. The molecule has 0 unspecified atom stereocenters. The SMILES string of the molecule is CCC(=O)O.CCC(=O)O.C[C@]12C=CC(=O)C=C1CC[C@@H]1[C@@H]2[C@@H](O)C[C@@]2(C)[C@H]1CC[C@]2(O)C(=O)CO. The van der Waals surface area contributed by atoms with E-state index in [0.29, 0.717) is 12.8 Å². The normalized spacial score (nSPS) is 38.1. The molecule has 9 nitrogen and oxygen atoms in total. The molecule has 0 aromatic carbocycles. The van der Waals surface area contributed by atoms with Crippen molar-refractivity contribution in [2.45, 2.75) is 84.3 Å². The number of hydrogen-bond acceptors (Lipinski definition) is 7. The van der Waals surface area contributed by atoms with Gasteiger partial charge in [0.1, 0.15) is 12.2 Å². The highest BCUT2D eigenvalue weighted by Gasteiger charge is 2.67. The van der Waals surface area contributed by atoms with E-state index in [1.165, 1.54) is 0 Å². The number of hydrogen-bond donors (Lipinski definition) is 5. The Balaban J connectivity index is 0.000000389. The Bertz CT molecular complexity index is 924. The molecule has 0 amide bonds. The first kappa shape index (κ1) is 29.9. The molecule has 36 heavy (non-hydrogen) atoms. The highest BCUT2D eigenvalue weighted by Crippen LogP contribution is 2.67. The second kappa shape index (κ2) is 11.4. The van der Waals surface area contributed by atoms with E-state index in [-0.39, 0.29) is 41.8 Å². The number of ketones is 2. The Hall–Kier alpha value is -2.36. The number of allylic oxidation sites excluding steroid dienone is 4. The van der Waals surface area contributed by atoms with Crippen molar-refractivity contribution in [3.05, 3.63) is 23.8 Å². The molecule has 3 fully saturated rings. The summed E-state index contributed by atoms with van der Waals surface area (Å²) in [5.41, 5.74) is -1.54. The van der Waals surface area contributed by atoms with Crippen LogP contribution in [0.3, 0.4) is 0 Å². The third-order valence-electron chi connectivity index (χ3n) is 8.86. The van der Waals surface area contributed by atoms with Gasteiger partial charge in [-0.1, -0.05) is 39.3 Å². The summed E-state index contributed by atoms with van der Waals surface area (Å²) in [6.45, 7) is 6.54. The molecule has 0 saturated heterocycles. The van der Waals surface area contributed by atoms with Crippen LogP contribution in [0, 0.1) is 28.6 Å². The third kappa shape index (κ3) is 5.33. The summed E-state index contributed by atoms with van der Waals surface area (Å²) < 4.78 is 0. The highest BCUT2D eigenvalue weighted by atomic mass is 16.4. The molecule has 4 rings (SSSR count). The number of aliphatic carboxylic acids is 2. The molecular weight excluding hydrogens is 468 g/mol. The number of fused-ring (bicyclic) bond motifs is 5. The Morgan fingerprint density at radius 3 is 2.11 bits per heavy atom. The Labute approximate surface area is 211 Å². The predicted molar refractivity (Wildman–Crippen MR) is 131 cm³/mol. The number of carboxylic acid groups (broad SMARTS) is 2. The first-order valence-corrected chi connectivity index (χ1v) is 12.6. The molecular formula is C27H40O9. The summed E-state index contributed by atoms with van der Waals surface area (Å²) >= 11 is 0. The fraction of sp³-hybridized carbons (Fsp3) is 0.704. The van der Waals surface area contributed by atoms with Crippen molar-refractivity contribution < 1.29 is 44.7 Å². The number of carboxylic acids is 2. The summed E-state index contributed by atoms with van der Waals surface area (Å²) in [6.07, 6.45) is 8.13. The Morgan fingerprint density at radius 2 is 1.61 bits per heavy atom. The van der Waals surface area contributed by atoms with Crippen molar-refractivity contribution in [3.63, 3.8) is 0 Å². The number of carbonyl (C=O) groups excluding carboxylic acids is 2. The van der Waals surface area contributed by atoms with Gasteiger partial charge in [-0.15, -0.1) is 0 Å². The average Bonchev–Trinajstić information content (AvgIpc) is 3.10. The van der Waals surface area contributed by atoms with Crippen LogP contribution in [0.2, 0.25) is 0 Å². The number of carbonyl (C=O) groups is 4. The number of Topliss-reactive ketones (excluding diaryl/α,β-unsaturated/α-hetero) is 1. The maximum Gasteiger partial charge on any atom is 0.303 e. The van der Waals surface area contributed by atoms with Crippen LogP contribution in [0.5, 0.6) is 0 Å². The van der Waals surface area contributed by atoms with Gasteiger partial charge in [0, 0.05) is 29.6 Å². The van der Waals surface area contributed by atoms with Crippen LogP contribution in [0.25, 0.3) is 0 Å². The van der Waals surface area contributed by atoms with Crippen LogP contribution in [0.1, 0.15) is 72.6 Å². The summed E-state index contributed by atoms with van der Waals surface area (Å²) in [6, 6.07) is 0. The lowest BCUT2D eigenvalue weighted by molar-refractivity contribution is -0.178. The molecule has 3 saturated carbocycles. The zero-order valence-electron chi connectivity index (χ0n) is 21.6. The van der Waals surface area contributed by atoms with Gasteiger partial charge in [0.15, 0.2) is 11.6 Å². The Morgan fingerprint density at radius 1 is 1.06 bits per heavy atom. The fourth-order valence-corrected chi connectivity index (χ4v) is 6.92. The molecule has 0 aromatic rings. The molecule has 9 heteroatoms. The first-order chi connectivity index (χ1) is 16.7. The second-order valence-electron chi connectivity index (χ2n) is 10.7. The maximum absolute atomic E-state index is 12.4. The topological polar surface area (TPSA) is 169 Å². The van der Waals surface area contributed by atoms with Gasteiger partial charge in [0.25, 0.3) is 0 Å². The lowest BCUT2D eigenvalue weighted by Gasteiger charge is -2.59. The second-order valence-corrected chi connectivity index (χ2v) is 10.7. The van der Waals surface area contributed by atoms with Crippen molar-refractivity contribution in [3.8, 4) is 0 Å². The van der Waals surface area contributed by atoms with E-state index in [0.717, 1.165) is 24.8 Å². The summed E-state index contributed by atoms with van der Waals surface area (Å²) in [4.78, 5) is 42.9. The summed E-state index contributed by atoms with van der Waals surface area (Å²) in [5, 5.41) is 47.1. The van der Waals surface area contributed by atoms with E-state index < -0.39 is 41.4 Å². The van der Waals surface area contributed by atoms with E-state index in [1.54, 1.807) is 26.0 Å². The lowest BCUT2D eigenvalue weighted by Crippen LogP contribution is -2.61. The minimum Gasteiger partial charge on any atom is -0.481 e. The van der Waals surface area contributed by atoms with E-state index in [2.05, 4.69) is 6.92 Å². The van der Waals surface area contributed by atoms with E-state index in [4.69, 9.17) is 10.2 Å².